The van der Waals surface area contributed by atoms with Gasteiger partial charge in [-0.05, 0) is 49.8 Å². The van der Waals surface area contributed by atoms with Crippen molar-refractivity contribution in [2.45, 2.75) is 64.5 Å². The molecule has 2 aliphatic carbocycles. The zero-order chi connectivity index (χ0) is 23.8. The van der Waals surface area contributed by atoms with Crippen molar-refractivity contribution in [2.24, 2.45) is 5.92 Å². The quantitative estimate of drug-likeness (QED) is 0.561. The van der Waals surface area contributed by atoms with Crippen molar-refractivity contribution in [1.29, 1.82) is 0 Å². The summed E-state index contributed by atoms with van der Waals surface area (Å²) >= 11 is 6.25. The highest BCUT2D eigenvalue weighted by molar-refractivity contribution is 6.34. The van der Waals surface area contributed by atoms with Crippen LogP contribution in [0.3, 0.4) is 0 Å². The molecule has 0 amide bonds. The highest BCUT2D eigenvalue weighted by Crippen LogP contribution is 2.60. The normalized spacial score (nSPS) is 18.8. The van der Waals surface area contributed by atoms with E-state index in [0.29, 0.717) is 24.2 Å². The Labute approximate surface area is 189 Å². The van der Waals surface area contributed by atoms with E-state index in [-0.39, 0.29) is 41.4 Å². The molecule has 32 heavy (non-hydrogen) atoms. The van der Waals surface area contributed by atoms with Crippen LogP contribution in [0.25, 0.3) is 0 Å². The Balaban J connectivity index is 0.00000141. The third-order valence-electron chi connectivity index (χ3n) is 6.24. The lowest BCUT2D eigenvalue weighted by atomic mass is 9.86. The molecule has 0 aliphatic heterocycles. The van der Waals surface area contributed by atoms with Crippen LogP contribution < -0.4 is 0 Å². The van der Waals surface area contributed by atoms with Gasteiger partial charge in [-0.25, -0.2) is 4.68 Å². The minimum absolute atomic E-state index is 0.0461. The minimum atomic E-state index is -4.48. The molecule has 0 radical (unpaired) electrons. The molecule has 1 saturated carbocycles. The Hall–Kier alpha value is -2.35. The molecular weight excluding hydrogens is 445 g/mol. The molecular formula is C23H26ClF3N2O3. The lowest BCUT2D eigenvalue weighted by Crippen LogP contribution is -2.32. The Morgan fingerprint density at radius 3 is 2.47 bits per heavy atom. The van der Waals surface area contributed by atoms with Gasteiger partial charge in [0.2, 0.25) is 0 Å². The first-order chi connectivity index (χ1) is 15.1. The Morgan fingerprint density at radius 1 is 1.25 bits per heavy atom. The first-order valence-corrected chi connectivity index (χ1v) is 11.0. The predicted octanol–water partition coefficient (Wildman–Crippen LogP) is 5.43. The van der Waals surface area contributed by atoms with Gasteiger partial charge in [0.1, 0.15) is 0 Å². The Bertz CT molecular complexity index is 1040. The number of carbonyl (C=O) groups is 2. The zero-order valence-electron chi connectivity index (χ0n) is 18.5. The summed E-state index contributed by atoms with van der Waals surface area (Å²) in [5, 5.41) is 4.26. The van der Waals surface area contributed by atoms with Gasteiger partial charge < -0.3 is 4.74 Å². The number of aromatic nitrogens is 2. The maximum Gasteiger partial charge on any atom is 0.398 e. The van der Waals surface area contributed by atoms with E-state index < -0.39 is 23.4 Å². The lowest BCUT2D eigenvalue weighted by Gasteiger charge is -2.24. The summed E-state index contributed by atoms with van der Waals surface area (Å²) in [5.74, 6) is -1.52. The third kappa shape index (κ3) is 3.93. The molecule has 0 saturated heterocycles. The molecule has 0 bridgehead atoms. The highest BCUT2D eigenvalue weighted by atomic mass is 35.5. The van der Waals surface area contributed by atoms with Gasteiger partial charge in [-0.1, -0.05) is 37.6 Å². The van der Waals surface area contributed by atoms with Gasteiger partial charge in [0.05, 0.1) is 40.4 Å². The van der Waals surface area contributed by atoms with Crippen molar-refractivity contribution in [1.82, 2.24) is 9.78 Å². The Morgan fingerprint density at radius 2 is 1.91 bits per heavy atom. The van der Waals surface area contributed by atoms with Crippen LogP contribution in [0.5, 0.6) is 0 Å². The highest BCUT2D eigenvalue weighted by Gasteiger charge is 2.65. The molecule has 1 unspecified atom stereocenters. The van der Waals surface area contributed by atoms with Crippen molar-refractivity contribution in [2.75, 3.05) is 7.11 Å². The van der Waals surface area contributed by atoms with Gasteiger partial charge in [-0.2, -0.15) is 18.3 Å². The second kappa shape index (κ2) is 8.89. The van der Waals surface area contributed by atoms with Crippen LogP contribution in [0, 0.1) is 12.8 Å². The van der Waals surface area contributed by atoms with Crippen LogP contribution in [-0.2, 0) is 27.8 Å². The fourth-order valence-electron chi connectivity index (χ4n) is 4.41. The van der Waals surface area contributed by atoms with Crippen molar-refractivity contribution < 1.29 is 27.5 Å². The monoisotopic (exact) mass is 470 g/mol. The minimum Gasteiger partial charge on any atom is -0.469 e. The number of halogens is 4. The second-order valence-corrected chi connectivity index (χ2v) is 8.34. The van der Waals surface area contributed by atoms with Gasteiger partial charge in [0, 0.05) is 6.42 Å². The summed E-state index contributed by atoms with van der Waals surface area (Å²) in [7, 11) is 1.30. The van der Waals surface area contributed by atoms with Crippen molar-refractivity contribution >= 4 is 23.5 Å². The average Bonchev–Trinajstić information content (AvgIpc) is 3.53. The molecule has 2 aliphatic rings. The van der Waals surface area contributed by atoms with Crippen LogP contribution in [0.15, 0.2) is 18.2 Å². The lowest BCUT2D eigenvalue weighted by molar-refractivity contribution is -0.160. The number of esters is 1. The first kappa shape index (κ1) is 24.3. The van der Waals surface area contributed by atoms with Crippen LogP contribution in [0.1, 0.15) is 66.0 Å². The number of hydrogen-bond acceptors (Lipinski definition) is 4. The average molecular weight is 471 g/mol. The number of alkyl halides is 3. The van der Waals surface area contributed by atoms with Gasteiger partial charge in [-0.15, -0.1) is 0 Å². The zero-order valence-corrected chi connectivity index (χ0v) is 19.2. The van der Waals surface area contributed by atoms with E-state index in [4.69, 9.17) is 16.3 Å². The summed E-state index contributed by atoms with van der Waals surface area (Å²) in [6.45, 7) is 5.74. The van der Waals surface area contributed by atoms with Crippen LogP contribution in [0.2, 0.25) is 5.02 Å². The van der Waals surface area contributed by atoms with Crippen molar-refractivity contribution in [3.63, 3.8) is 0 Å². The smallest absolute Gasteiger partial charge is 0.398 e. The molecule has 1 heterocycles. The van der Waals surface area contributed by atoms with Crippen LogP contribution in [0.4, 0.5) is 13.2 Å². The maximum atomic E-state index is 13.8. The van der Waals surface area contributed by atoms with Crippen molar-refractivity contribution in [3.8, 4) is 0 Å². The van der Waals surface area contributed by atoms with E-state index in [1.165, 1.54) is 25.3 Å². The molecule has 1 aromatic heterocycles. The van der Waals surface area contributed by atoms with Crippen LogP contribution >= 0.6 is 11.6 Å². The fourth-order valence-corrected chi connectivity index (χ4v) is 4.66. The van der Waals surface area contributed by atoms with Gasteiger partial charge in [-0.3, -0.25) is 9.59 Å². The standard InChI is InChI=1S/C21H20ClF3N2O3.C2H6/c1-11-13-7-6-12(19(29)30-2)10-16(13)27(26-11)18(28)17-14(4-3-5-15(17)22)20(8-9-20)21(23,24)25;1-2/h3-5,12H,6-10H2,1-2H3;1-2H3. The Kier molecular flexibility index (Phi) is 6.75. The number of carbonyl (C=O) groups excluding carboxylic acids is 2. The first-order valence-electron chi connectivity index (χ1n) is 10.7. The topological polar surface area (TPSA) is 61.2 Å². The van der Waals surface area contributed by atoms with Crippen LogP contribution in [-0.4, -0.2) is 34.9 Å². The van der Waals surface area contributed by atoms with E-state index in [1.54, 1.807) is 6.92 Å². The number of benzene rings is 1. The van der Waals surface area contributed by atoms with E-state index in [0.717, 1.165) is 10.2 Å². The number of hydrogen-bond donors (Lipinski definition) is 0. The van der Waals surface area contributed by atoms with Gasteiger partial charge in [0.25, 0.3) is 5.91 Å². The predicted molar refractivity (Wildman–Crippen MR) is 114 cm³/mol. The van der Waals surface area contributed by atoms with E-state index in [2.05, 4.69) is 5.10 Å². The number of methoxy groups -OCH3 is 1. The van der Waals surface area contributed by atoms with E-state index in [1.807, 2.05) is 13.8 Å². The summed E-state index contributed by atoms with van der Waals surface area (Å²) in [6.07, 6.45) is -3.32. The van der Waals surface area contributed by atoms with Gasteiger partial charge >= 0.3 is 12.1 Å². The molecule has 1 aromatic carbocycles. The number of fused-ring (bicyclic) bond motifs is 1. The van der Waals surface area contributed by atoms with E-state index in [9.17, 15) is 22.8 Å². The third-order valence-corrected chi connectivity index (χ3v) is 6.55. The number of aryl methyl sites for hydroxylation is 1. The number of ether oxygens (including phenoxy) is 1. The molecule has 0 spiro atoms. The molecule has 174 valence electrons. The molecule has 1 fully saturated rings. The SMILES string of the molecule is CC.COC(=O)C1CCc2c(C)nn(C(=O)c3c(Cl)cccc3C3(C(F)(F)F)CC3)c2C1. The largest absolute Gasteiger partial charge is 0.469 e. The summed E-state index contributed by atoms with van der Waals surface area (Å²) in [4.78, 5) is 25.5. The number of rotatable bonds is 3. The van der Waals surface area contributed by atoms with Gasteiger partial charge in [0.15, 0.2) is 0 Å². The summed E-state index contributed by atoms with van der Waals surface area (Å²) < 4.78 is 47.3. The maximum absolute atomic E-state index is 13.8. The molecule has 0 N–H and O–H groups in total. The fraction of sp³-hybridized carbons (Fsp3) is 0.522. The molecule has 2 aromatic rings. The summed E-state index contributed by atoms with van der Waals surface area (Å²) in [5.41, 5.74) is -0.364. The van der Waals surface area contributed by atoms with Crippen molar-refractivity contribution in [3.05, 3.63) is 51.3 Å². The molecule has 1 atom stereocenters. The molecule has 9 heteroatoms. The molecule has 5 nitrogen and oxygen atoms in total. The summed E-state index contributed by atoms with van der Waals surface area (Å²) in [6, 6.07) is 4.15. The van der Waals surface area contributed by atoms with E-state index >= 15 is 0 Å². The second-order valence-electron chi connectivity index (χ2n) is 7.93. The molecule has 4 rings (SSSR count). The number of nitrogens with zero attached hydrogens (tertiary/aromatic N) is 2.